The minimum atomic E-state index is 0.0398. The number of fused-ring (bicyclic) bond motifs is 3. The summed E-state index contributed by atoms with van der Waals surface area (Å²) in [5, 5.41) is 0. The van der Waals surface area contributed by atoms with Crippen molar-refractivity contribution in [2.75, 3.05) is 32.8 Å². The normalized spacial score (nSPS) is 18.4. The van der Waals surface area contributed by atoms with E-state index in [2.05, 4.69) is 60.3 Å². The molecule has 0 heterocycles. The smallest absolute Gasteiger partial charge is 0.306 e. The minimum Gasteiger partial charge on any atom is -0.468 e. The first-order valence-electron chi connectivity index (χ1n) is 31.6. The minimum absolute atomic E-state index is 0.0398. The van der Waals surface area contributed by atoms with Crippen LogP contribution in [0.4, 0.5) is 0 Å². The monoisotopic (exact) mass is 988 g/mol. The number of ether oxygens (including phenoxy) is 2. The molecule has 0 aromatic rings. The molecule has 3 rings (SSSR count). The first kappa shape index (κ1) is 68.6. The summed E-state index contributed by atoms with van der Waals surface area (Å²) in [6.07, 6.45) is 51.7. The lowest BCUT2D eigenvalue weighted by molar-refractivity contribution is -0.153. The van der Waals surface area contributed by atoms with Crippen LogP contribution in [-0.2, 0) is 23.9 Å². The molecule has 3 aliphatic rings. The molecule has 0 radical (unpaired) electrons. The number of ketones is 1. The Bertz CT molecular complexity index is 1090. The fourth-order valence-electron chi connectivity index (χ4n) is 12.2. The van der Waals surface area contributed by atoms with Gasteiger partial charge < -0.3 is 19.2 Å². The third kappa shape index (κ3) is 38.2. The van der Waals surface area contributed by atoms with Crippen LogP contribution in [0.5, 0.6) is 0 Å². The van der Waals surface area contributed by atoms with E-state index in [4.69, 9.17) is 9.47 Å². The van der Waals surface area contributed by atoms with Crippen LogP contribution in [0.15, 0.2) is 0 Å². The molecule has 3 aliphatic carbocycles. The molecule has 0 aliphatic heterocycles. The second-order valence-corrected chi connectivity index (χ2v) is 22.7. The summed E-state index contributed by atoms with van der Waals surface area (Å²) in [6.45, 7) is 25.3. The van der Waals surface area contributed by atoms with Crippen LogP contribution >= 0.6 is 0 Å². The van der Waals surface area contributed by atoms with Gasteiger partial charge in [0.15, 0.2) is 0 Å². The van der Waals surface area contributed by atoms with E-state index in [9.17, 15) is 14.4 Å². The molecule has 3 saturated carbocycles. The molecule has 5 unspecified atom stereocenters. The number of carbonyl (C=O) groups excluding carboxylic acids is 3. The molecule has 0 spiro atoms. The summed E-state index contributed by atoms with van der Waals surface area (Å²) in [4.78, 5) is 37.7. The number of nitrogens with zero attached hydrogens (tertiary/aromatic N) is 1. The van der Waals surface area contributed by atoms with Gasteiger partial charge in [-0.2, -0.15) is 0 Å². The van der Waals surface area contributed by atoms with Crippen LogP contribution < -0.4 is 0 Å². The van der Waals surface area contributed by atoms with E-state index in [0.29, 0.717) is 73.3 Å². The van der Waals surface area contributed by atoms with Crippen molar-refractivity contribution in [3.05, 3.63) is 0 Å². The highest BCUT2D eigenvalue weighted by atomic mass is 16.5. The number of esters is 1. The van der Waals surface area contributed by atoms with Gasteiger partial charge in [0, 0.05) is 12.8 Å². The van der Waals surface area contributed by atoms with Crippen LogP contribution in [0.3, 0.4) is 0 Å². The summed E-state index contributed by atoms with van der Waals surface area (Å²) < 4.78 is 11.2. The molecular formula is C64H125NO5. The average molecular weight is 989 g/mol. The van der Waals surface area contributed by atoms with E-state index in [0.717, 1.165) is 19.3 Å². The van der Waals surface area contributed by atoms with E-state index in [1.54, 1.807) is 6.92 Å². The average Bonchev–Trinajstić information content (AvgIpc) is 3.36. The van der Waals surface area contributed by atoms with Gasteiger partial charge in [-0.25, -0.2) is 0 Å². The van der Waals surface area contributed by atoms with Crippen molar-refractivity contribution in [1.29, 1.82) is 0 Å². The highest BCUT2D eigenvalue weighted by Crippen LogP contribution is 2.53. The van der Waals surface area contributed by atoms with Crippen LogP contribution in [0.25, 0.3) is 0 Å². The van der Waals surface area contributed by atoms with Gasteiger partial charge in [-0.3, -0.25) is 9.59 Å². The molecule has 70 heavy (non-hydrogen) atoms. The van der Waals surface area contributed by atoms with Crippen molar-refractivity contribution < 1.29 is 23.9 Å². The maximum atomic E-state index is 13.0. The van der Waals surface area contributed by atoms with E-state index in [1.807, 2.05) is 0 Å². The van der Waals surface area contributed by atoms with Crippen molar-refractivity contribution in [2.24, 2.45) is 41.4 Å². The molecule has 2 bridgehead atoms. The van der Waals surface area contributed by atoms with E-state index in [1.165, 1.54) is 251 Å². The zero-order chi connectivity index (χ0) is 51.7. The second kappa shape index (κ2) is 51.1. The van der Waals surface area contributed by atoms with Gasteiger partial charge in [0.05, 0.1) is 13.2 Å². The van der Waals surface area contributed by atoms with Gasteiger partial charge in [0.1, 0.15) is 5.78 Å². The summed E-state index contributed by atoms with van der Waals surface area (Å²) in [7, 11) is 0. The number of Topliss-reactive ketones (excluding diaryl/α,β-unsaturated/α-hetero) is 1. The Morgan fingerprint density at radius 3 is 1.27 bits per heavy atom. The van der Waals surface area contributed by atoms with Crippen molar-refractivity contribution in [1.82, 2.24) is 4.90 Å². The Morgan fingerprint density at radius 1 is 0.500 bits per heavy atom. The molecule has 0 amide bonds. The molecule has 416 valence electrons. The lowest BCUT2D eigenvalue weighted by atomic mass is 9.54. The van der Waals surface area contributed by atoms with Crippen molar-refractivity contribution in [2.45, 2.75) is 319 Å². The van der Waals surface area contributed by atoms with Crippen molar-refractivity contribution in [3.8, 4) is 0 Å². The second-order valence-electron chi connectivity index (χ2n) is 22.7. The van der Waals surface area contributed by atoms with Crippen molar-refractivity contribution in [3.63, 3.8) is 0 Å². The van der Waals surface area contributed by atoms with Crippen molar-refractivity contribution >= 4 is 18.2 Å². The van der Waals surface area contributed by atoms with Crippen LogP contribution in [-0.4, -0.2) is 56.0 Å². The van der Waals surface area contributed by atoms with Crippen LogP contribution in [0.2, 0.25) is 0 Å². The molecule has 6 nitrogen and oxygen atoms in total. The van der Waals surface area contributed by atoms with Gasteiger partial charge in [-0.15, -0.1) is 0 Å². The quantitative estimate of drug-likeness (QED) is 0.0344. The fraction of sp³-hybridized carbons (Fsp3) is 0.953. The zero-order valence-electron chi connectivity index (χ0n) is 48.9. The Balaban J connectivity index is 0.00000125. The standard InChI is InChI=1S/C34H62O4.C22H44O.C8H19N/c1-4-7-9-11-13-15-17-19-28(20-18-16-14-12-10-8-5-2)23-34(36)38-26-33-29-21-22-32(31(33)6-3)30(24-29)25-37-27-35;1-4-6-8-10-12-14-16-18-22(20-21(3)23)19-17-15-13-11-9-7-5-2;1-4-7-8-9(5-2)6-3/h27-33H,4-26H2,1-3H3;22H,4-20H2,1-3H3;4-8H2,1-3H3. The van der Waals surface area contributed by atoms with Crippen LogP contribution in [0, 0.1) is 41.4 Å². The number of hydrogen-bond donors (Lipinski definition) is 0. The van der Waals surface area contributed by atoms with Crippen LogP contribution in [0.1, 0.15) is 319 Å². The molecule has 5 atom stereocenters. The van der Waals surface area contributed by atoms with Gasteiger partial charge >= 0.3 is 5.97 Å². The van der Waals surface area contributed by atoms with Gasteiger partial charge in [0.2, 0.25) is 0 Å². The van der Waals surface area contributed by atoms with Gasteiger partial charge in [-0.05, 0) is 107 Å². The predicted octanol–water partition coefficient (Wildman–Crippen LogP) is 19.7. The summed E-state index contributed by atoms with van der Waals surface area (Å²) in [5.41, 5.74) is 0. The third-order valence-corrected chi connectivity index (χ3v) is 16.7. The largest absolute Gasteiger partial charge is 0.468 e. The van der Waals surface area contributed by atoms with E-state index < -0.39 is 0 Å². The maximum Gasteiger partial charge on any atom is 0.306 e. The summed E-state index contributed by atoms with van der Waals surface area (Å²) >= 11 is 0. The highest BCUT2D eigenvalue weighted by molar-refractivity contribution is 5.75. The summed E-state index contributed by atoms with van der Waals surface area (Å²) in [5.74, 6) is 4.36. The summed E-state index contributed by atoms with van der Waals surface area (Å²) in [6, 6.07) is 0. The molecular weight excluding hydrogens is 863 g/mol. The highest BCUT2D eigenvalue weighted by Gasteiger charge is 2.48. The first-order chi connectivity index (χ1) is 34.2. The Kier molecular flexibility index (Phi) is 50.0. The topological polar surface area (TPSA) is 72.9 Å². The molecule has 0 N–H and O–H groups in total. The first-order valence-corrected chi connectivity index (χ1v) is 31.6. The lowest BCUT2D eigenvalue weighted by Gasteiger charge is -2.52. The Morgan fingerprint density at radius 2 is 0.900 bits per heavy atom. The van der Waals surface area contributed by atoms with Gasteiger partial charge in [0.25, 0.3) is 6.47 Å². The number of unbranched alkanes of at least 4 members (excludes halogenated alkanes) is 25. The molecule has 0 aromatic heterocycles. The zero-order valence-corrected chi connectivity index (χ0v) is 48.9. The Labute approximate surface area is 438 Å². The molecule has 0 saturated heterocycles. The number of rotatable bonds is 47. The molecule has 0 aromatic carbocycles. The SMILES string of the molecule is CCCCCCCCCC(CCCCCCCCC)CC(=O)OCC1C2CCC(C(COC=O)C2)C1CC.CCCCCCCCCC(CCCCCCCCC)CC(C)=O.CCCCN(CC)CC. The molecule has 6 heteroatoms. The number of hydrogen-bond acceptors (Lipinski definition) is 6. The maximum absolute atomic E-state index is 13.0. The van der Waals surface area contributed by atoms with E-state index >= 15 is 0 Å². The lowest BCUT2D eigenvalue weighted by Crippen LogP contribution is -2.48. The predicted molar refractivity (Wildman–Crippen MR) is 305 cm³/mol. The fourth-order valence-corrected chi connectivity index (χ4v) is 12.2. The molecule has 3 fully saturated rings. The van der Waals surface area contributed by atoms with E-state index in [-0.39, 0.29) is 5.97 Å². The number of carbonyl (C=O) groups is 3. The third-order valence-electron chi connectivity index (χ3n) is 16.7. The van der Waals surface area contributed by atoms with Gasteiger partial charge in [-0.1, -0.05) is 261 Å². The Hall–Kier alpha value is -1.43.